The number of carbonyl (C=O) groups is 1. The molecule has 2 rings (SSSR count). The maximum absolute atomic E-state index is 12.0. The van der Waals surface area contributed by atoms with E-state index in [9.17, 15) is 4.79 Å². The van der Waals surface area contributed by atoms with Crippen LogP contribution in [0.1, 0.15) is 42.4 Å². The molecule has 0 aliphatic carbocycles. The lowest BCUT2D eigenvalue weighted by molar-refractivity contribution is 0.0989. The number of halogens is 1. The first-order valence-electron chi connectivity index (χ1n) is 6.40. The van der Waals surface area contributed by atoms with E-state index in [1.165, 1.54) is 11.8 Å². The van der Waals surface area contributed by atoms with Crippen molar-refractivity contribution in [3.8, 4) is 0 Å². The third kappa shape index (κ3) is 4.18. The molecule has 0 fully saturated rings. The van der Waals surface area contributed by atoms with Gasteiger partial charge < -0.3 is 0 Å². The first-order chi connectivity index (χ1) is 9.56. The minimum atomic E-state index is 0.143. The monoisotopic (exact) mass is 353 g/mol. The van der Waals surface area contributed by atoms with Gasteiger partial charge >= 0.3 is 0 Å². The van der Waals surface area contributed by atoms with Crippen LogP contribution < -0.4 is 0 Å². The molecule has 0 aliphatic heterocycles. The van der Waals surface area contributed by atoms with Gasteiger partial charge in [0.25, 0.3) is 0 Å². The van der Waals surface area contributed by atoms with Crippen molar-refractivity contribution in [2.75, 3.05) is 5.75 Å². The van der Waals surface area contributed by atoms with Crippen LogP contribution >= 0.6 is 27.7 Å². The van der Waals surface area contributed by atoms with Crippen LogP contribution in [0.4, 0.5) is 0 Å². The number of Topliss-reactive ketones (excluding diaryl/α,β-unsaturated/α-hetero) is 1. The highest BCUT2D eigenvalue weighted by molar-refractivity contribution is 9.10. The normalized spacial score (nSPS) is 11.0. The van der Waals surface area contributed by atoms with Crippen LogP contribution in [0.5, 0.6) is 0 Å². The molecule has 0 saturated carbocycles. The lowest BCUT2D eigenvalue weighted by atomic mass is 10.1. The number of aromatic nitrogens is 3. The molecular weight excluding hydrogens is 338 g/mol. The van der Waals surface area contributed by atoms with Gasteiger partial charge in [-0.2, -0.15) is 0 Å². The van der Waals surface area contributed by atoms with E-state index in [0.29, 0.717) is 23.2 Å². The number of thioether (sulfide) groups is 1. The molecule has 20 heavy (non-hydrogen) atoms. The van der Waals surface area contributed by atoms with Crippen LogP contribution in [0.3, 0.4) is 0 Å². The van der Waals surface area contributed by atoms with E-state index >= 15 is 0 Å². The zero-order chi connectivity index (χ0) is 14.5. The number of hydrogen-bond acceptors (Lipinski definition) is 4. The Morgan fingerprint density at radius 2 is 2.05 bits per heavy atom. The lowest BCUT2D eigenvalue weighted by Gasteiger charge is -2.00. The van der Waals surface area contributed by atoms with Gasteiger partial charge in [0.2, 0.25) is 5.16 Å². The van der Waals surface area contributed by atoms with Gasteiger partial charge in [0.15, 0.2) is 5.78 Å². The number of nitrogens with zero attached hydrogens (tertiary/aromatic N) is 2. The summed E-state index contributed by atoms with van der Waals surface area (Å²) in [6.45, 7) is 4.12. The second kappa shape index (κ2) is 7.04. The summed E-state index contributed by atoms with van der Waals surface area (Å²) in [5.74, 6) is 2.04. The zero-order valence-corrected chi connectivity index (χ0v) is 13.8. The second-order valence-corrected chi connectivity index (χ2v) is 6.66. The molecule has 0 radical (unpaired) electrons. The number of ketones is 1. The molecule has 0 amide bonds. The highest BCUT2D eigenvalue weighted by atomic mass is 79.9. The van der Waals surface area contributed by atoms with Gasteiger partial charge in [0.1, 0.15) is 5.82 Å². The van der Waals surface area contributed by atoms with E-state index in [1.807, 2.05) is 24.3 Å². The molecule has 106 valence electrons. The number of hydrogen-bond donors (Lipinski definition) is 1. The van der Waals surface area contributed by atoms with Gasteiger partial charge in [-0.3, -0.25) is 9.89 Å². The number of carbonyl (C=O) groups excluding carboxylic acids is 1. The van der Waals surface area contributed by atoms with Crippen molar-refractivity contribution < 1.29 is 4.79 Å². The first-order valence-corrected chi connectivity index (χ1v) is 8.18. The Morgan fingerprint density at radius 3 is 2.65 bits per heavy atom. The van der Waals surface area contributed by atoms with Crippen molar-refractivity contribution in [3.05, 3.63) is 40.1 Å². The molecule has 0 saturated heterocycles. The summed E-state index contributed by atoms with van der Waals surface area (Å²) < 4.78 is 0.977. The van der Waals surface area contributed by atoms with Crippen molar-refractivity contribution in [1.29, 1.82) is 0 Å². The second-order valence-electron chi connectivity index (χ2n) is 4.69. The fraction of sp³-hybridized carbons (Fsp3) is 0.357. The van der Waals surface area contributed by atoms with Crippen LogP contribution in [0.15, 0.2) is 33.9 Å². The smallest absolute Gasteiger partial charge is 0.208 e. The minimum absolute atomic E-state index is 0.143. The maximum atomic E-state index is 12.0. The zero-order valence-electron chi connectivity index (χ0n) is 11.4. The summed E-state index contributed by atoms with van der Waals surface area (Å²) in [6.07, 6.45) is 0.484. The largest absolute Gasteiger partial charge is 0.294 e. The maximum Gasteiger partial charge on any atom is 0.208 e. The van der Waals surface area contributed by atoms with E-state index in [-0.39, 0.29) is 5.78 Å². The third-order valence-corrected chi connectivity index (χ3v) is 4.13. The van der Waals surface area contributed by atoms with Crippen molar-refractivity contribution >= 4 is 33.5 Å². The summed E-state index contributed by atoms with van der Waals surface area (Å²) in [5.41, 5.74) is 0.742. The van der Waals surface area contributed by atoms with Crippen molar-refractivity contribution in [2.24, 2.45) is 0 Å². The number of H-pyrrole nitrogens is 1. The molecule has 0 bridgehead atoms. The topological polar surface area (TPSA) is 58.6 Å². The first kappa shape index (κ1) is 15.3. The highest BCUT2D eigenvalue weighted by Crippen LogP contribution is 2.18. The highest BCUT2D eigenvalue weighted by Gasteiger charge is 2.09. The molecule has 0 atom stereocenters. The SMILES string of the molecule is CC(C)c1nc(SCCC(=O)c2ccc(Br)cc2)n[nH]1. The predicted octanol–water partition coefficient (Wildman–Crippen LogP) is 4.06. The number of aromatic amines is 1. The Morgan fingerprint density at radius 1 is 1.35 bits per heavy atom. The molecule has 1 heterocycles. The van der Waals surface area contributed by atoms with Crippen molar-refractivity contribution in [2.45, 2.75) is 31.3 Å². The van der Waals surface area contributed by atoms with Gasteiger partial charge in [-0.15, -0.1) is 5.10 Å². The van der Waals surface area contributed by atoms with Crippen LogP contribution in [-0.4, -0.2) is 26.7 Å². The van der Waals surface area contributed by atoms with E-state index in [0.717, 1.165) is 15.9 Å². The number of benzene rings is 1. The van der Waals surface area contributed by atoms with Crippen LogP contribution in [0.2, 0.25) is 0 Å². The minimum Gasteiger partial charge on any atom is -0.294 e. The summed E-state index contributed by atoms with van der Waals surface area (Å²) in [7, 11) is 0. The molecule has 2 aromatic rings. The molecule has 6 heteroatoms. The fourth-order valence-corrected chi connectivity index (χ4v) is 2.60. The average Bonchev–Trinajstić information content (AvgIpc) is 2.88. The molecule has 1 aromatic carbocycles. The molecule has 0 spiro atoms. The molecule has 0 aliphatic rings. The van der Waals surface area contributed by atoms with Gasteiger partial charge in [0.05, 0.1) is 0 Å². The summed E-state index contributed by atoms with van der Waals surface area (Å²) in [6, 6.07) is 7.43. The van der Waals surface area contributed by atoms with E-state index in [4.69, 9.17) is 0 Å². The molecule has 1 aromatic heterocycles. The summed E-state index contributed by atoms with van der Waals surface area (Å²) in [5, 5.41) is 7.74. The fourth-order valence-electron chi connectivity index (χ4n) is 1.60. The third-order valence-electron chi connectivity index (χ3n) is 2.76. The van der Waals surface area contributed by atoms with Gasteiger partial charge in [0, 0.05) is 28.1 Å². The van der Waals surface area contributed by atoms with Crippen LogP contribution in [-0.2, 0) is 0 Å². The average molecular weight is 354 g/mol. The summed E-state index contributed by atoms with van der Waals surface area (Å²) >= 11 is 4.86. The molecule has 1 N–H and O–H groups in total. The van der Waals surface area contributed by atoms with Gasteiger partial charge in [-0.05, 0) is 12.1 Å². The molecular formula is C14H16BrN3OS. The lowest BCUT2D eigenvalue weighted by Crippen LogP contribution is -2.00. The summed E-state index contributed by atoms with van der Waals surface area (Å²) in [4.78, 5) is 16.4. The van der Waals surface area contributed by atoms with E-state index in [2.05, 4.69) is 45.0 Å². The Labute approximate surface area is 130 Å². The van der Waals surface area contributed by atoms with Gasteiger partial charge in [-0.25, -0.2) is 4.98 Å². The van der Waals surface area contributed by atoms with Gasteiger partial charge in [-0.1, -0.05) is 53.7 Å². The van der Waals surface area contributed by atoms with Crippen molar-refractivity contribution in [1.82, 2.24) is 15.2 Å². The number of nitrogens with one attached hydrogen (secondary N) is 1. The van der Waals surface area contributed by atoms with Crippen molar-refractivity contribution in [3.63, 3.8) is 0 Å². The molecule has 4 nitrogen and oxygen atoms in total. The Kier molecular flexibility index (Phi) is 5.37. The quantitative estimate of drug-likeness (QED) is 0.628. The Hall–Kier alpha value is -1.14. The van der Waals surface area contributed by atoms with Crippen LogP contribution in [0, 0.1) is 0 Å². The number of rotatable bonds is 6. The van der Waals surface area contributed by atoms with E-state index < -0.39 is 0 Å². The van der Waals surface area contributed by atoms with E-state index in [1.54, 1.807) is 0 Å². The Balaban J connectivity index is 1.83. The molecule has 0 unspecified atom stereocenters. The van der Waals surface area contributed by atoms with Crippen LogP contribution in [0.25, 0.3) is 0 Å². The predicted molar refractivity (Wildman–Crippen MR) is 84.3 cm³/mol. The standard InChI is InChI=1S/C14H16BrN3OS/c1-9(2)13-16-14(18-17-13)20-8-7-12(19)10-3-5-11(15)6-4-10/h3-6,9H,7-8H2,1-2H3,(H,16,17,18). The Bertz CT molecular complexity index is 580.